The highest BCUT2D eigenvalue weighted by atomic mass is 35.5. The van der Waals surface area contributed by atoms with E-state index in [0.717, 1.165) is 17.5 Å². The summed E-state index contributed by atoms with van der Waals surface area (Å²) in [4.78, 5) is 22.2. The van der Waals surface area contributed by atoms with E-state index in [1.807, 2.05) is 38.9 Å². The van der Waals surface area contributed by atoms with Crippen molar-refractivity contribution < 1.29 is 22.7 Å². The van der Waals surface area contributed by atoms with Crippen LogP contribution in [0.3, 0.4) is 0 Å². The number of thiazole rings is 1. The maximum absolute atomic E-state index is 13.7. The molecule has 2 aromatic carbocycles. The van der Waals surface area contributed by atoms with Crippen molar-refractivity contribution in [1.29, 1.82) is 0 Å². The number of benzene rings is 2. The van der Waals surface area contributed by atoms with Crippen LogP contribution in [0.2, 0.25) is 0 Å². The summed E-state index contributed by atoms with van der Waals surface area (Å²) in [5.41, 5.74) is 1.00. The third kappa shape index (κ3) is 6.95. The molecule has 1 aromatic heterocycles. The minimum atomic E-state index is -3.63. The lowest BCUT2D eigenvalue weighted by molar-refractivity contribution is 0.0985. The number of carbonyl (C=O) groups excluding carboxylic acids is 1. The largest absolute Gasteiger partial charge is 0.495 e. The molecule has 1 heterocycles. The van der Waals surface area contributed by atoms with Gasteiger partial charge >= 0.3 is 0 Å². The highest BCUT2D eigenvalue weighted by molar-refractivity contribution is 7.89. The van der Waals surface area contributed by atoms with Crippen molar-refractivity contribution in [3.8, 4) is 11.5 Å². The second kappa shape index (κ2) is 14.1. The Bertz CT molecular complexity index is 1270. The number of carbonyl (C=O) groups is 1. The summed E-state index contributed by atoms with van der Waals surface area (Å²) in [6.07, 6.45) is 1.70. The number of likely N-dealkylation sites (N-methyl/N-ethyl adjacent to an activating group) is 1. The lowest BCUT2D eigenvalue weighted by Gasteiger charge is -2.23. The van der Waals surface area contributed by atoms with Crippen LogP contribution in [0.4, 0.5) is 5.13 Å². The molecule has 0 N–H and O–H groups in total. The number of fused-ring (bicyclic) bond motifs is 1. The number of amides is 1. The van der Waals surface area contributed by atoms with Gasteiger partial charge in [0.25, 0.3) is 5.91 Å². The third-order valence-corrected chi connectivity index (χ3v) is 9.08. The van der Waals surface area contributed by atoms with Crippen molar-refractivity contribution in [2.75, 3.05) is 59.4 Å². The molecule has 210 valence electrons. The molecule has 0 radical (unpaired) electrons. The van der Waals surface area contributed by atoms with E-state index in [1.165, 1.54) is 27.8 Å². The summed E-state index contributed by atoms with van der Waals surface area (Å²) in [6, 6.07) is 9.75. The molecule has 0 unspecified atom stereocenters. The fourth-order valence-electron chi connectivity index (χ4n) is 3.83. The van der Waals surface area contributed by atoms with Crippen molar-refractivity contribution in [1.82, 2.24) is 14.2 Å². The number of sulfonamides is 1. The number of rotatable bonds is 13. The summed E-state index contributed by atoms with van der Waals surface area (Å²) in [6.45, 7) is 5.74. The molecule has 38 heavy (non-hydrogen) atoms. The Hall–Kier alpha value is -2.44. The van der Waals surface area contributed by atoms with E-state index in [2.05, 4.69) is 0 Å². The molecule has 0 aliphatic carbocycles. The van der Waals surface area contributed by atoms with E-state index in [-0.39, 0.29) is 23.2 Å². The second-order valence-electron chi connectivity index (χ2n) is 8.78. The Morgan fingerprint density at radius 2 is 1.58 bits per heavy atom. The van der Waals surface area contributed by atoms with Crippen LogP contribution in [-0.2, 0) is 10.0 Å². The van der Waals surface area contributed by atoms with Crippen molar-refractivity contribution in [2.45, 2.75) is 31.6 Å². The predicted molar refractivity (Wildman–Crippen MR) is 156 cm³/mol. The molecule has 12 heteroatoms. The first-order chi connectivity index (χ1) is 17.7. The molecule has 1 amide bonds. The smallest absolute Gasteiger partial charge is 0.260 e. The first kappa shape index (κ1) is 31.8. The summed E-state index contributed by atoms with van der Waals surface area (Å²) >= 11 is 1.35. The maximum Gasteiger partial charge on any atom is 0.260 e. The molecule has 3 rings (SSSR count). The van der Waals surface area contributed by atoms with Crippen LogP contribution < -0.4 is 14.4 Å². The maximum atomic E-state index is 13.7. The van der Waals surface area contributed by atoms with Crippen LogP contribution in [-0.4, -0.2) is 83.0 Å². The van der Waals surface area contributed by atoms with Gasteiger partial charge in [0.1, 0.15) is 21.7 Å². The number of aromatic nitrogens is 1. The lowest BCUT2D eigenvalue weighted by Crippen LogP contribution is -2.36. The number of nitrogens with zero attached hydrogens (tertiary/aromatic N) is 4. The lowest BCUT2D eigenvalue weighted by atomic mass is 10.2. The van der Waals surface area contributed by atoms with E-state index in [4.69, 9.17) is 14.5 Å². The average molecular weight is 585 g/mol. The quantitative estimate of drug-likeness (QED) is 0.286. The van der Waals surface area contributed by atoms with E-state index in [1.54, 1.807) is 37.3 Å². The summed E-state index contributed by atoms with van der Waals surface area (Å²) < 4.78 is 39.4. The van der Waals surface area contributed by atoms with E-state index >= 15 is 0 Å². The molecular formula is C26H37ClN4O5S2. The SMILES string of the molecule is CCCCN(CC)S(=O)(=O)c1ccc(C(=O)N(CCN(C)C)c2nc3c(OC)ccc(OC)c3s2)cc1.Cl. The Morgan fingerprint density at radius 3 is 2.13 bits per heavy atom. The molecule has 0 atom stereocenters. The van der Waals surface area contributed by atoms with Crippen molar-refractivity contribution in [2.24, 2.45) is 0 Å². The van der Waals surface area contributed by atoms with Gasteiger partial charge in [-0.15, -0.1) is 12.4 Å². The van der Waals surface area contributed by atoms with Crippen molar-refractivity contribution >= 4 is 55.0 Å². The molecule has 0 saturated heterocycles. The highest BCUT2D eigenvalue weighted by Gasteiger charge is 2.26. The first-order valence-corrected chi connectivity index (χ1v) is 14.5. The molecule has 0 aliphatic rings. The van der Waals surface area contributed by atoms with E-state index in [0.29, 0.717) is 53.9 Å². The summed E-state index contributed by atoms with van der Waals surface area (Å²) in [7, 11) is 3.41. The standard InChI is InChI=1S/C26H36N4O5S2.ClH/c1-7-9-16-29(8-2)37(32,33)20-12-10-19(11-13-20)25(31)30(18-17-28(3)4)26-27-23-21(34-5)14-15-22(35-6)24(23)36-26;/h10-15H,7-9,16-18H2,1-6H3;1H. The molecule has 3 aromatic rings. The Labute approximate surface area is 235 Å². The van der Waals surface area contributed by atoms with Gasteiger partial charge in [-0.2, -0.15) is 4.31 Å². The minimum Gasteiger partial charge on any atom is -0.495 e. The zero-order valence-electron chi connectivity index (χ0n) is 22.8. The van der Waals surface area contributed by atoms with E-state index in [9.17, 15) is 13.2 Å². The molecule has 0 fully saturated rings. The fourth-order valence-corrected chi connectivity index (χ4v) is 6.42. The van der Waals surface area contributed by atoms with Gasteiger partial charge in [-0.1, -0.05) is 31.6 Å². The van der Waals surface area contributed by atoms with Gasteiger partial charge in [-0.25, -0.2) is 13.4 Å². The first-order valence-electron chi connectivity index (χ1n) is 12.3. The number of ether oxygens (including phenoxy) is 2. The number of unbranched alkanes of at least 4 members (excludes halogenated alkanes) is 1. The highest BCUT2D eigenvalue weighted by Crippen LogP contribution is 2.40. The third-order valence-electron chi connectivity index (χ3n) is 6.00. The van der Waals surface area contributed by atoms with Crippen molar-refractivity contribution in [3.05, 3.63) is 42.0 Å². The van der Waals surface area contributed by atoms with Gasteiger partial charge in [0.2, 0.25) is 10.0 Å². The number of methoxy groups -OCH3 is 2. The number of anilines is 1. The zero-order valence-corrected chi connectivity index (χ0v) is 25.2. The summed E-state index contributed by atoms with van der Waals surface area (Å²) in [5, 5.41) is 0.512. The van der Waals surface area contributed by atoms with Gasteiger partial charge in [-0.05, 0) is 56.9 Å². The number of hydrogen-bond acceptors (Lipinski definition) is 8. The normalized spacial score (nSPS) is 11.6. The van der Waals surface area contributed by atoms with Crippen molar-refractivity contribution in [3.63, 3.8) is 0 Å². The number of hydrogen-bond donors (Lipinski definition) is 0. The Kier molecular flexibility index (Phi) is 11.8. The second-order valence-corrected chi connectivity index (χ2v) is 11.7. The molecular weight excluding hydrogens is 548 g/mol. The average Bonchev–Trinajstić information content (AvgIpc) is 3.33. The molecule has 0 aliphatic heterocycles. The predicted octanol–water partition coefficient (Wildman–Crippen LogP) is 4.75. The van der Waals surface area contributed by atoms with Crippen LogP contribution in [0.1, 0.15) is 37.0 Å². The monoisotopic (exact) mass is 584 g/mol. The molecule has 9 nitrogen and oxygen atoms in total. The van der Waals surface area contributed by atoms with Gasteiger partial charge in [-0.3, -0.25) is 9.69 Å². The van der Waals surface area contributed by atoms with Gasteiger partial charge in [0, 0.05) is 31.7 Å². The molecule has 0 spiro atoms. The van der Waals surface area contributed by atoms with E-state index < -0.39 is 10.0 Å². The van der Waals surface area contributed by atoms with Crippen LogP contribution in [0, 0.1) is 0 Å². The van der Waals surface area contributed by atoms with Gasteiger partial charge < -0.3 is 14.4 Å². The Balaban J connectivity index is 0.00000507. The molecule has 0 saturated carbocycles. The van der Waals surface area contributed by atoms with Crippen LogP contribution in [0.15, 0.2) is 41.3 Å². The Morgan fingerprint density at radius 1 is 0.947 bits per heavy atom. The fraction of sp³-hybridized carbons (Fsp3) is 0.462. The minimum absolute atomic E-state index is 0. The van der Waals surface area contributed by atoms with Crippen LogP contribution in [0.25, 0.3) is 10.2 Å². The topological polar surface area (TPSA) is 92.3 Å². The van der Waals surface area contributed by atoms with Crippen LogP contribution in [0.5, 0.6) is 11.5 Å². The van der Waals surface area contributed by atoms with Gasteiger partial charge in [0.15, 0.2) is 5.13 Å². The zero-order chi connectivity index (χ0) is 27.2. The summed E-state index contributed by atoms with van der Waals surface area (Å²) in [5.74, 6) is 0.982. The van der Waals surface area contributed by atoms with Crippen LogP contribution >= 0.6 is 23.7 Å². The van der Waals surface area contributed by atoms with Gasteiger partial charge in [0.05, 0.1) is 19.1 Å². The number of halogens is 1. The molecule has 0 bridgehead atoms.